The minimum absolute atomic E-state index is 0.111. The van der Waals surface area contributed by atoms with Crippen molar-refractivity contribution >= 4 is 56.9 Å². The monoisotopic (exact) mass is 430 g/mol. The number of aryl methyl sites for hydroxylation is 1. The van der Waals surface area contributed by atoms with Crippen LogP contribution in [0.5, 0.6) is 0 Å². The van der Waals surface area contributed by atoms with Crippen LogP contribution in [-0.2, 0) is 16.6 Å². The van der Waals surface area contributed by atoms with Crippen LogP contribution < -0.4 is 10.9 Å². The molecule has 0 spiro atoms. The van der Waals surface area contributed by atoms with Gasteiger partial charge in [0.15, 0.2) is 0 Å². The molecule has 0 aliphatic heterocycles. The van der Waals surface area contributed by atoms with Gasteiger partial charge in [0.1, 0.15) is 23.0 Å². The lowest BCUT2D eigenvalue weighted by atomic mass is 9.49. The van der Waals surface area contributed by atoms with Gasteiger partial charge in [-0.1, -0.05) is 0 Å². The molecule has 6 nitrogen and oxygen atoms in total. The molecule has 0 bridgehead atoms. The number of nitrogens with one attached hydrogen (secondary N) is 1. The summed E-state index contributed by atoms with van der Waals surface area (Å²) in [4.78, 5) is 25.4. The standard InChI is InChI=1S/C20H12B3F3N4O2/c21-20(22,23)30-9-13-18(28-30)12-3-1-11(25)8-16(12)29(19(13)32)6-5-17(31)27-15-4-2-10(24)7-14(15)26/h1-4,7-9H,5-6H2,(H,27,31). The molecule has 6 radical (unpaired) electrons. The zero-order chi connectivity index (χ0) is 23.2. The van der Waals surface area contributed by atoms with Crippen molar-refractivity contribution in [3.05, 3.63) is 70.4 Å². The summed E-state index contributed by atoms with van der Waals surface area (Å²) in [5.41, 5.74) is -0.383. The molecule has 4 rings (SSSR count). The van der Waals surface area contributed by atoms with E-state index >= 15 is 0 Å². The SMILES string of the molecule is [B]C([B])([B])n1cc2c(=O)n(CCC(=O)Nc3ccc(F)cc3F)c3cc(F)ccc3c2n1. The van der Waals surface area contributed by atoms with E-state index in [0.29, 0.717) is 11.5 Å². The van der Waals surface area contributed by atoms with E-state index in [1.54, 1.807) is 0 Å². The zero-order valence-electron chi connectivity index (χ0n) is 16.5. The second kappa shape index (κ2) is 7.92. The number of hydrogen-bond donors (Lipinski definition) is 1. The van der Waals surface area contributed by atoms with Gasteiger partial charge in [0.05, 0.1) is 40.1 Å². The van der Waals surface area contributed by atoms with Crippen LogP contribution in [-0.4, -0.2) is 43.8 Å². The van der Waals surface area contributed by atoms with Crippen molar-refractivity contribution in [2.24, 2.45) is 0 Å². The van der Waals surface area contributed by atoms with Crippen LogP contribution in [0.15, 0.2) is 47.4 Å². The van der Waals surface area contributed by atoms with Crippen LogP contribution in [0.4, 0.5) is 18.9 Å². The normalized spacial score (nSPS) is 11.8. The fourth-order valence-electron chi connectivity index (χ4n) is 3.35. The largest absolute Gasteiger partial charge is 0.324 e. The van der Waals surface area contributed by atoms with Gasteiger partial charge >= 0.3 is 0 Å². The Morgan fingerprint density at radius 3 is 2.41 bits per heavy atom. The summed E-state index contributed by atoms with van der Waals surface area (Å²) in [6, 6.07) is 6.47. The van der Waals surface area contributed by atoms with Gasteiger partial charge in [0.2, 0.25) is 5.91 Å². The number of halogens is 3. The van der Waals surface area contributed by atoms with Gasteiger partial charge in [-0.2, -0.15) is 5.10 Å². The summed E-state index contributed by atoms with van der Waals surface area (Å²) in [5.74, 6) is -2.96. The number of hydrogen-bond acceptors (Lipinski definition) is 3. The maximum atomic E-state index is 14.0. The van der Waals surface area contributed by atoms with Crippen LogP contribution in [0.25, 0.3) is 21.8 Å². The third-order valence-corrected chi connectivity index (χ3v) is 4.86. The molecule has 0 unspecified atom stereocenters. The molecule has 4 aromatic rings. The molecule has 12 heteroatoms. The van der Waals surface area contributed by atoms with Gasteiger partial charge in [-0.25, -0.2) is 13.2 Å². The Hall–Kier alpha value is -3.43. The summed E-state index contributed by atoms with van der Waals surface area (Å²) >= 11 is 0. The predicted molar refractivity (Wildman–Crippen MR) is 116 cm³/mol. The van der Waals surface area contributed by atoms with Crippen LogP contribution in [0.3, 0.4) is 0 Å². The Bertz CT molecular complexity index is 1430. The summed E-state index contributed by atoms with van der Waals surface area (Å²) in [6.07, 6.45) is 1.02. The lowest BCUT2D eigenvalue weighted by Crippen LogP contribution is -2.35. The van der Waals surface area contributed by atoms with Gasteiger partial charge in [-0.05, 0) is 35.6 Å². The van der Waals surface area contributed by atoms with Gasteiger partial charge in [-0.15, -0.1) is 0 Å². The highest BCUT2D eigenvalue weighted by Gasteiger charge is 2.20. The van der Waals surface area contributed by atoms with Crippen LogP contribution in [0.1, 0.15) is 6.42 Å². The third-order valence-electron chi connectivity index (χ3n) is 4.86. The zero-order valence-corrected chi connectivity index (χ0v) is 16.5. The minimum Gasteiger partial charge on any atom is -0.324 e. The van der Waals surface area contributed by atoms with E-state index in [1.807, 2.05) is 0 Å². The molecule has 1 N–H and O–H groups in total. The number of pyridine rings is 1. The number of rotatable bonds is 5. The topological polar surface area (TPSA) is 68.9 Å². The maximum Gasteiger partial charge on any atom is 0.262 e. The Morgan fingerprint density at radius 2 is 1.72 bits per heavy atom. The van der Waals surface area contributed by atoms with E-state index in [4.69, 9.17) is 23.5 Å². The van der Waals surface area contributed by atoms with Gasteiger partial charge in [-0.3, -0.25) is 14.3 Å². The lowest BCUT2D eigenvalue weighted by Gasteiger charge is -2.20. The van der Waals surface area contributed by atoms with Crippen LogP contribution in [0, 0.1) is 17.5 Å². The van der Waals surface area contributed by atoms with Crippen molar-refractivity contribution < 1.29 is 18.0 Å². The quantitative estimate of drug-likeness (QED) is 0.492. The third kappa shape index (κ3) is 4.04. The number of aromatic nitrogens is 3. The van der Waals surface area contributed by atoms with E-state index in [-0.39, 0.29) is 35.1 Å². The Balaban J connectivity index is 1.72. The van der Waals surface area contributed by atoms with Gasteiger partial charge < -0.3 is 9.88 Å². The molecular weight excluding hydrogens is 418 g/mol. The van der Waals surface area contributed by atoms with Crippen LogP contribution >= 0.6 is 0 Å². The number of carbonyl (C=O) groups excluding carboxylic acids is 1. The smallest absolute Gasteiger partial charge is 0.262 e. The molecule has 0 saturated carbocycles. The fourth-order valence-corrected chi connectivity index (χ4v) is 3.35. The number of anilines is 1. The Labute approximate surface area is 183 Å². The van der Waals surface area contributed by atoms with E-state index in [9.17, 15) is 22.8 Å². The molecule has 0 fully saturated rings. The van der Waals surface area contributed by atoms with Gasteiger partial charge in [0.25, 0.3) is 5.56 Å². The van der Waals surface area contributed by atoms with Crippen molar-refractivity contribution in [1.29, 1.82) is 0 Å². The average Bonchev–Trinajstić information content (AvgIpc) is 3.16. The summed E-state index contributed by atoms with van der Waals surface area (Å²) < 4.78 is 43.0. The summed E-state index contributed by atoms with van der Waals surface area (Å²) in [5, 5.41) is 5.13. The Kier molecular flexibility index (Phi) is 5.40. The minimum atomic E-state index is -1.87. The average molecular weight is 430 g/mol. The van der Waals surface area contributed by atoms with Crippen LogP contribution in [0.2, 0.25) is 0 Å². The Morgan fingerprint density at radius 1 is 1.03 bits per heavy atom. The highest BCUT2D eigenvalue weighted by Crippen LogP contribution is 2.24. The van der Waals surface area contributed by atoms with Crippen molar-refractivity contribution in [1.82, 2.24) is 14.3 Å². The molecule has 2 heterocycles. The lowest BCUT2D eigenvalue weighted by molar-refractivity contribution is -0.116. The molecule has 0 saturated heterocycles. The van der Waals surface area contributed by atoms with Crippen molar-refractivity contribution in [2.45, 2.75) is 18.2 Å². The molecule has 2 aromatic heterocycles. The van der Waals surface area contributed by atoms with E-state index < -0.39 is 34.2 Å². The first-order valence-corrected chi connectivity index (χ1v) is 9.38. The van der Waals surface area contributed by atoms with E-state index in [2.05, 4.69) is 10.4 Å². The number of carbonyl (C=O) groups is 1. The van der Waals surface area contributed by atoms with Crippen molar-refractivity contribution in [3.8, 4) is 0 Å². The maximum absolute atomic E-state index is 14.0. The van der Waals surface area contributed by atoms with Crippen molar-refractivity contribution in [2.75, 3.05) is 5.32 Å². The van der Waals surface area contributed by atoms with E-state index in [0.717, 1.165) is 22.9 Å². The molecular formula is C20H12B3F3N4O2. The molecule has 154 valence electrons. The number of fused-ring (bicyclic) bond motifs is 3. The highest BCUT2D eigenvalue weighted by atomic mass is 19.1. The molecule has 0 aliphatic rings. The fraction of sp³-hybridized carbons (Fsp3) is 0.150. The summed E-state index contributed by atoms with van der Waals surface area (Å²) in [6.45, 7) is -0.159. The second-order valence-corrected chi connectivity index (χ2v) is 7.26. The summed E-state index contributed by atoms with van der Waals surface area (Å²) in [7, 11) is 17.0. The first-order chi connectivity index (χ1) is 15.0. The van der Waals surface area contributed by atoms with Gasteiger partial charge in [0, 0.05) is 30.6 Å². The number of nitrogens with zero attached hydrogens (tertiary/aromatic N) is 3. The molecule has 0 aliphatic carbocycles. The molecule has 32 heavy (non-hydrogen) atoms. The predicted octanol–water partition coefficient (Wildman–Crippen LogP) is 1.87. The molecule has 1 amide bonds. The molecule has 2 aromatic carbocycles. The van der Waals surface area contributed by atoms with E-state index in [1.165, 1.54) is 22.9 Å². The second-order valence-electron chi connectivity index (χ2n) is 7.26. The first kappa shape index (κ1) is 21.8. The van der Waals surface area contributed by atoms with Crippen molar-refractivity contribution in [3.63, 3.8) is 0 Å². The highest BCUT2D eigenvalue weighted by molar-refractivity contribution is 6.56. The number of benzene rings is 2. The molecule has 0 atom stereocenters. The number of amides is 1. The first-order valence-electron chi connectivity index (χ1n) is 9.38.